The molecule has 0 radical (unpaired) electrons. The summed E-state index contributed by atoms with van der Waals surface area (Å²) >= 11 is 1.37. The van der Waals surface area contributed by atoms with Crippen LogP contribution in [-0.2, 0) is 9.53 Å². The number of esters is 1. The molecule has 0 bridgehead atoms. The van der Waals surface area contributed by atoms with Gasteiger partial charge >= 0.3 is 5.97 Å². The number of carbonyl (C=O) groups excluding carboxylic acids is 1. The van der Waals surface area contributed by atoms with Crippen molar-refractivity contribution < 1.29 is 9.53 Å². The molecule has 0 spiro atoms. The van der Waals surface area contributed by atoms with Crippen LogP contribution in [0.2, 0.25) is 0 Å². The minimum absolute atomic E-state index is 0.0753. The molecule has 4 rings (SSSR count). The van der Waals surface area contributed by atoms with Gasteiger partial charge in [-0.1, -0.05) is 60.6 Å². The minimum Gasteiger partial charge on any atom is -0.462 e. The second-order valence-corrected chi connectivity index (χ2v) is 8.27. The van der Waals surface area contributed by atoms with Gasteiger partial charge in [-0.3, -0.25) is 9.36 Å². The van der Waals surface area contributed by atoms with Gasteiger partial charge in [0, 0.05) is 11.3 Å². The lowest BCUT2D eigenvalue weighted by atomic mass is 9.98. The maximum Gasteiger partial charge on any atom is 0.316 e. The molecule has 0 atom stereocenters. The number of hydrogen-bond acceptors (Lipinski definition) is 5. The topological polar surface area (TPSA) is 57.0 Å². The van der Waals surface area contributed by atoms with Crippen LogP contribution < -0.4 is 0 Å². The molecule has 0 saturated heterocycles. The second-order valence-electron chi connectivity index (χ2n) is 7.33. The summed E-state index contributed by atoms with van der Waals surface area (Å²) < 4.78 is 7.67. The lowest BCUT2D eigenvalue weighted by molar-refractivity contribution is -0.147. The van der Waals surface area contributed by atoms with Gasteiger partial charge in [0.1, 0.15) is 6.10 Å². The first kappa shape index (κ1) is 19.7. The Hall–Kier alpha value is -2.60. The van der Waals surface area contributed by atoms with Crippen molar-refractivity contribution in [2.75, 3.05) is 5.75 Å². The summed E-state index contributed by atoms with van der Waals surface area (Å²) in [5.74, 6) is 0.828. The maximum atomic E-state index is 12.4. The molecule has 2 aromatic carbocycles. The fraction of sp³-hybridized carbons (Fsp3) is 0.348. The Morgan fingerprint density at radius 3 is 2.52 bits per heavy atom. The SMILES string of the molecule is Cc1ccccc1-c1nnc(SCC(=O)OC2CCCCC2)n1-c1ccccc1. The molecule has 3 aromatic rings. The number of aromatic nitrogens is 3. The van der Waals surface area contributed by atoms with Crippen LogP contribution in [0.4, 0.5) is 0 Å². The molecule has 1 heterocycles. The first-order valence-corrected chi connectivity index (χ1v) is 11.1. The maximum absolute atomic E-state index is 12.4. The average Bonchev–Trinajstić information content (AvgIpc) is 3.18. The van der Waals surface area contributed by atoms with Crippen LogP contribution in [0.15, 0.2) is 59.8 Å². The van der Waals surface area contributed by atoms with Gasteiger partial charge in [0.15, 0.2) is 11.0 Å². The fourth-order valence-corrected chi connectivity index (χ4v) is 4.43. The molecule has 1 aliphatic carbocycles. The molecule has 150 valence electrons. The summed E-state index contributed by atoms with van der Waals surface area (Å²) in [6.07, 6.45) is 5.57. The van der Waals surface area contributed by atoms with Gasteiger partial charge in [-0.25, -0.2) is 0 Å². The number of carbonyl (C=O) groups is 1. The molecule has 6 heteroatoms. The van der Waals surface area contributed by atoms with E-state index in [1.807, 2.05) is 53.1 Å². The summed E-state index contributed by atoms with van der Waals surface area (Å²) in [6, 6.07) is 18.1. The molecular formula is C23H25N3O2S. The Bertz CT molecular complexity index is 965. The highest BCUT2D eigenvalue weighted by molar-refractivity contribution is 7.99. The number of nitrogens with zero attached hydrogens (tertiary/aromatic N) is 3. The molecule has 0 aliphatic heterocycles. The van der Waals surface area contributed by atoms with Crippen LogP contribution in [-0.4, -0.2) is 32.6 Å². The minimum atomic E-state index is -0.179. The van der Waals surface area contributed by atoms with E-state index in [2.05, 4.69) is 23.2 Å². The molecule has 1 fully saturated rings. The van der Waals surface area contributed by atoms with Crippen LogP contribution in [0, 0.1) is 6.92 Å². The van der Waals surface area contributed by atoms with Crippen molar-refractivity contribution in [1.82, 2.24) is 14.8 Å². The van der Waals surface area contributed by atoms with Gasteiger partial charge in [-0.05, 0) is 50.3 Å². The van der Waals surface area contributed by atoms with Gasteiger partial charge in [0.2, 0.25) is 0 Å². The molecule has 0 unspecified atom stereocenters. The fourth-order valence-electron chi connectivity index (χ4n) is 3.70. The Labute approximate surface area is 175 Å². The zero-order chi connectivity index (χ0) is 20.1. The first-order valence-electron chi connectivity index (χ1n) is 10.1. The summed E-state index contributed by atoms with van der Waals surface area (Å²) in [4.78, 5) is 12.4. The highest BCUT2D eigenvalue weighted by Crippen LogP contribution is 2.30. The van der Waals surface area contributed by atoms with Gasteiger partial charge in [-0.2, -0.15) is 0 Å². The number of thioether (sulfide) groups is 1. The van der Waals surface area contributed by atoms with Crippen LogP contribution in [0.25, 0.3) is 17.1 Å². The number of para-hydroxylation sites is 1. The third-order valence-electron chi connectivity index (χ3n) is 5.20. The molecule has 0 amide bonds. The second kappa shape index (κ2) is 9.27. The van der Waals surface area contributed by atoms with Crippen molar-refractivity contribution in [1.29, 1.82) is 0 Å². The van der Waals surface area contributed by atoms with E-state index in [1.165, 1.54) is 18.2 Å². The summed E-state index contributed by atoms with van der Waals surface area (Å²) in [5.41, 5.74) is 3.13. The van der Waals surface area contributed by atoms with E-state index in [1.54, 1.807) is 0 Å². The van der Waals surface area contributed by atoms with E-state index >= 15 is 0 Å². The standard InChI is InChI=1S/C23H25N3O2S/c1-17-10-8-9-15-20(17)22-24-25-23(26(22)18-11-4-2-5-12-18)29-16-21(27)28-19-13-6-3-7-14-19/h2,4-5,8-12,15,19H,3,6-7,13-14,16H2,1H3. The van der Waals surface area contributed by atoms with E-state index in [0.29, 0.717) is 5.16 Å². The number of aryl methyl sites for hydroxylation is 1. The molecule has 0 N–H and O–H groups in total. The van der Waals surface area contributed by atoms with Crippen molar-refractivity contribution in [2.24, 2.45) is 0 Å². The first-order chi connectivity index (χ1) is 14.2. The highest BCUT2D eigenvalue weighted by Gasteiger charge is 2.21. The monoisotopic (exact) mass is 407 g/mol. The van der Waals surface area contributed by atoms with Crippen molar-refractivity contribution in [3.63, 3.8) is 0 Å². The van der Waals surface area contributed by atoms with E-state index in [9.17, 15) is 4.79 Å². The lowest BCUT2D eigenvalue weighted by Crippen LogP contribution is -2.22. The van der Waals surface area contributed by atoms with Gasteiger partial charge in [0.25, 0.3) is 0 Å². The number of rotatable bonds is 6. The van der Waals surface area contributed by atoms with E-state index in [-0.39, 0.29) is 17.8 Å². The van der Waals surface area contributed by atoms with Gasteiger partial charge in [-0.15, -0.1) is 10.2 Å². The van der Waals surface area contributed by atoms with E-state index in [4.69, 9.17) is 4.74 Å². The predicted molar refractivity (Wildman–Crippen MR) is 115 cm³/mol. The van der Waals surface area contributed by atoms with Crippen LogP contribution in [0.3, 0.4) is 0 Å². The third kappa shape index (κ3) is 4.70. The van der Waals surface area contributed by atoms with Crippen molar-refractivity contribution in [3.05, 3.63) is 60.2 Å². The van der Waals surface area contributed by atoms with Crippen molar-refractivity contribution >= 4 is 17.7 Å². The van der Waals surface area contributed by atoms with Gasteiger partial charge in [0.05, 0.1) is 5.75 Å². The molecule has 1 saturated carbocycles. The van der Waals surface area contributed by atoms with Crippen molar-refractivity contribution in [2.45, 2.75) is 50.3 Å². The lowest BCUT2D eigenvalue weighted by Gasteiger charge is -2.21. The molecule has 29 heavy (non-hydrogen) atoms. The Morgan fingerprint density at radius 2 is 1.76 bits per heavy atom. The number of benzene rings is 2. The highest BCUT2D eigenvalue weighted by atomic mass is 32.2. The number of ether oxygens (including phenoxy) is 1. The predicted octanol–water partition coefficient (Wildman–Crippen LogP) is 5.21. The van der Waals surface area contributed by atoms with Crippen LogP contribution >= 0.6 is 11.8 Å². The number of hydrogen-bond donors (Lipinski definition) is 0. The third-order valence-corrected chi connectivity index (χ3v) is 6.11. The normalized spacial score (nSPS) is 14.7. The van der Waals surface area contributed by atoms with E-state index in [0.717, 1.165) is 48.3 Å². The molecular weight excluding hydrogens is 382 g/mol. The Morgan fingerprint density at radius 1 is 1.03 bits per heavy atom. The smallest absolute Gasteiger partial charge is 0.316 e. The summed E-state index contributed by atoms with van der Waals surface area (Å²) in [6.45, 7) is 2.06. The summed E-state index contributed by atoms with van der Waals surface area (Å²) in [5, 5.41) is 9.54. The molecule has 1 aliphatic rings. The Balaban J connectivity index is 1.57. The quantitative estimate of drug-likeness (QED) is 0.415. The Kier molecular flexibility index (Phi) is 6.30. The largest absolute Gasteiger partial charge is 0.462 e. The van der Waals surface area contributed by atoms with Crippen LogP contribution in [0.5, 0.6) is 0 Å². The van der Waals surface area contributed by atoms with Crippen LogP contribution in [0.1, 0.15) is 37.7 Å². The van der Waals surface area contributed by atoms with Crippen molar-refractivity contribution in [3.8, 4) is 17.1 Å². The van der Waals surface area contributed by atoms with Gasteiger partial charge < -0.3 is 4.74 Å². The average molecular weight is 408 g/mol. The molecule has 1 aromatic heterocycles. The van der Waals surface area contributed by atoms with E-state index < -0.39 is 0 Å². The zero-order valence-electron chi connectivity index (χ0n) is 16.6. The summed E-state index contributed by atoms with van der Waals surface area (Å²) in [7, 11) is 0. The molecule has 5 nitrogen and oxygen atoms in total. The zero-order valence-corrected chi connectivity index (χ0v) is 17.4.